The molecule has 0 atom stereocenters. The van der Waals surface area contributed by atoms with Gasteiger partial charge in [0, 0.05) is 18.8 Å². The third kappa shape index (κ3) is 3.49. The fourth-order valence-electron chi connectivity index (χ4n) is 2.32. The topological polar surface area (TPSA) is 75.2 Å². The van der Waals surface area contributed by atoms with Gasteiger partial charge in [-0.15, -0.1) is 16.8 Å². The van der Waals surface area contributed by atoms with Crippen LogP contribution in [0.4, 0.5) is 5.13 Å². The third-order valence-electron chi connectivity index (χ3n) is 3.43. The summed E-state index contributed by atoms with van der Waals surface area (Å²) in [7, 11) is 0. The highest BCUT2D eigenvalue weighted by molar-refractivity contribution is 8.01. The van der Waals surface area contributed by atoms with E-state index in [-0.39, 0.29) is 11.8 Å². The molecule has 1 aliphatic rings. The average molecular weight is 360 g/mol. The summed E-state index contributed by atoms with van der Waals surface area (Å²) in [5.74, 6) is 0.364. The van der Waals surface area contributed by atoms with Gasteiger partial charge in [-0.3, -0.25) is 14.5 Å². The fourth-order valence-corrected chi connectivity index (χ4v) is 4.08. The Balaban J connectivity index is 1.47. The summed E-state index contributed by atoms with van der Waals surface area (Å²) in [5.41, 5.74) is 0.995. The monoisotopic (exact) mass is 360 g/mol. The number of hydrogen-bond donors (Lipinski definition) is 1. The lowest BCUT2D eigenvalue weighted by molar-refractivity contribution is 0.0655. The number of benzene rings is 1. The average Bonchev–Trinajstić information content (AvgIpc) is 3.15. The molecule has 1 aliphatic heterocycles. The number of hydrogen-bond acceptors (Lipinski definition) is 7. The Morgan fingerprint density at radius 1 is 1.21 bits per heavy atom. The van der Waals surface area contributed by atoms with Gasteiger partial charge in [-0.05, 0) is 18.6 Å². The fraction of sp³-hybridized carbons (Fsp3) is 0.250. The zero-order chi connectivity index (χ0) is 16.9. The third-order valence-corrected chi connectivity index (χ3v) is 5.53. The van der Waals surface area contributed by atoms with E-state index in [1.165, 1.54) is 16.2 Å². The first-order valence-electron chi connectivity index (χ1n) is 7.47. The van der Waals surface area contributed by atoms with Crippen LogP contribution in [0, 0.1) is 0 Å². The molecule has 6 nitrogen and oxygen atoms in total. The molecule has 3 rings (SSSR count). The van der Waals surface area contributed by atoms with Crippen molar-refractivity contribution in [2.45, 2.75) is 10.8 Å². The van der Waals surface area contributed by atoms with Crippen LogP contribution in [-0.4, -0.2) is 45.8 Å². The van der Waals surface area contributed by atoms with Gasteiger partial charge in [-0.25, -0.2) is 0 Å². The summed E-state index contributed by atoms with van der Waals surface area (Å²) >= 11 is 3.06. The molecule has 2 heterocycles. The van der Waals surface area contributed by atoms with E-state index in [4.69, 9.17) is 0 Å². The van der Waals surface area contributed by atoms with Crippen LogP contribution in [0.25, 0.3) is 0 Å². The first kappa shape index (κ1) is 16.7. The summed E-state index contributed by atoms with van der Waals surface area (Å²) in [6, 6.07) is 6.94. The van der Waals surface area contributed by atoms with Crippen LogP contribution in [0.1, 0.15) is 27.1 Å². The molecule has 0 aliphatic carbocycles. The van der Waals surface area contributed by atoms with Crippen molar-refractivity contribution in [1.82, 2.24) is 15.1 Å². The predicted octanol–water partition coefficient (Wildman–Crippen LogP) is 2.91. The summed E-state index contributed by atoms with van der Waals surface area (Å²) in [6.07, 6.45) is 2.47. The first-order valence-corrected chi connectivity index (χ1v) is 9.27. The van der Waals surface area contributed by atoms with Crippen molar-refractivity contribution in [2.24, 2.45) is 0 Å². The normalized spacial score (nSPS) is 13.2. The Morgan fingerprint density at radius 2 is 1.92 bits per heavy atom. The molecule has 0 unspecified atom stereocenters. The second kappa shape index (κ2) is 7.59. The molecule has 2 amide bonds. The molecule has 1 aromatic carbocycles. The molecule has 1 N–H and O–H groups in total. The van der Waals surface area contributed by atoms with Gasteiger partial charge in [0.15, 0.2) is 4.34 Å². The largest absolute Gasteiger partial charge is 0.357 e. The molecule has 0 saturated carbocycles. The minimum atomic E-state index is -0.201. The van der Waals surface area contributed by atoms with Crippen LogP contribution >= 0.6 is 23.1 Å². The molecule has 0 bridgehead atoms. The smallest absolute Gasteiger partial charge is 0.261 e. The van der Waals surface area contributed by atoms with E-state index in [2.05, 4.69) is 22.1 Å². The predicted molar refractivity (Wildman–Crippen MR) is 95.7 cm³/mol. The molecule has 2 aromatic rings. The van der Waals surface area contributed by atoms with Crippen molar-refractivity contribution in [3.05, 3.63) is 48.0 Å². The summed E-state index contributed by atoms with van der Waals surface area (Å²) in [5, 5.41) is 12.0. The minimum absolute atomic E-state index is 0.201. The number of nitrogens with zero attached hydrogens (tertiary/aromatic N) is 3. The number of rotatable bonds is 8. The van der Waals surface area contributed by atoms with Gasteiger partial charge in [0.05, 0.1) is 11.1 Å². The second-order valence-corrected chi connectivity index (χ2v) is 7.37. The Hall–Kier alpha value is -2.19. The van der Waals surface area contributed by atoms with Gasteiger partial charge in [0.1, 0.15) is 0 Å². The SMILES string of the molecule is C=CCNc1nnc(SCCCN2C(=O)c3ccccc3C2=O)s1. The number of anilines is 1. The number of aromatic nitrogens is 2. The Labute approximate surface area is 148 Å². The van der Waals surface area contributed by atoms with Crippen LogP contribution in [0.5, 0.6) is 0 Å². The van der Waals surface area contributed by atoms with E-state index in [1.54, 1.807) is 42.1 Å². The highest BCUT2D eigenvalue weighted by Crippen LogP contribution is 2.27. The van der Waals surface area contributed by atoms with E-state index in [0.29, 0.717) is 30.6 Å². The summed E-state index contributed by atoms with van der Waals surface area (Å²) in [4.78, 5) is 25.8. The van der Waals surface area contributed by atoms with Crippen LogP contribution in [0.15, 0.2) is 41.3 Å². The van der Waals surface area contributed by atoms with Crippen LogP contribution in [0.3, 0.4) is 0 Å². The Bertz CT molecular complexity index is 740. The standard InChI is InChI=1S/C16H16N4O2S2/c1-2-8-17-15-18-19-16(24-15)23-10-5-9-20-13(21)11-6-3-4-7-12(11)14(20)22/h2-4,6-7H,1,5,8-10H2,(H,17,18). The van der Waals surface area contributed by atoms with E-state index in [1.807, 2.05) is 0 Å². The minimum Gasteiger partial charge on any atom is -0.357 e. The van der Waals surface area contributed by atoms with Gasteiger partial charge in [0.25, 0.3) is 11.8 Å². The maximum atomic E-state index is 12.2. The number of imide groups is 1. The molecule has 0 fully saturated rings. The lowest BCUT2D eigenvalue weighted by Crippen LogP contribution is -2.30. The highest BCUT2D eigenvalue weighted by Gasteiger charge is 2.34. The van der Waals surface area contributed by atoms with Crippen LogP contribution in [0.2, 0.25) is 0 Å². The van der Waals surface area contributed by atoms with E-state index in [9.17, 15) is 9.59 Å². The quantitative estimate of drug-likeness (QED) is 0.338. The molecule has 0 spiro atoms. The van der Waals surface area contributed by atoms with Crippen molar-refractivity contribution in [3.63, 3.8) is 0 Å². The molecule has 124 valence electrons. The van der Waals surface area contributed by atoms with Gasteiger partial charge in [-0.2, -0.15) is 0 Å². The maximum Gasteiger partial charge on any atom is 0.261 e. The number of nitrogens with one attached hydrogen (secondary N) is 1. The molecular formula is C16H16N4O2S2. The molecule has 0 saturated heterocycles. The van der Waals surface area contributed by atoms with Crippen LogP contribution < -0.4 is 5.32 Å². The Morgan fingerprint density at radius 3 is 2.58 bits per heavy atom. The van der Waals surface area contributed by atoms with Crippen molar-refractivity contribution in [3.8, 4) is 0 Å². The molecule has 8 heteroatoms. The number of thioether (sulfide) groups is 1. The molecule has 1 aromatic heterocycles. The van der Waals surface area contributed by atoms with Crippen LogP contribution in [-0.2, 0) is 0 Å². The van der Waals surface area contributed by atoms with Crippen molar-refractivity contribution in [1.29, 1.82) is 0 Å². The van der Waals surface area contributed by atoms with Gasteiger partial charge >= 0.3 is 0 Å². The zero-order valence-electron chi connectivity index (χ0n) is 12.9. The van der Waals surface area contributed by atoms with Gasteiger partial charge in [0.2, 0.25) is 5.13 Å². The summed E-state index contributed by atoms with van der Waals surface area (Å²) in [6.45, 7) is 4.71. The first-order chi connectivity index (χ1) is 11.7. The van der Waals surface area contributed by atoms with Gasteiger partial charge < -0.3 is 5.32 Å². The second-order valence-electron chi connectivity index (χ2n) is 5.05. The highest BCUT2D eigenvalue weighted by atomic mass is 32.2. The van der Waals surface area contributed by atoms with E-state index in [0.717, 1.165) is 15.2 Å². The van der Waals surface area contributed by atoms with Crippen molar-refractivity contribution < 1.29 is 9.59 Å². The number of carbonyl (C=O) groups is 2. The Kier molecular flexibility index (Phi) is 5.27. The van der Waals surface area contributed by atoms with E-state index < -0.39 is 0 Å². The van der Waals surface area contributed by atoms with Crippen molar-refractivity contribution >= 4 is 40.0 Å². The molecule has 24 heavy (non-hydrogen) atoms. The number of carbonyl (C=O) groups excluding carboxylic acids is 2. The molecule has 0 radical (unpaired) electrons. The van der Waals surface area contributed by atoms with E-state index >= 15 is 0 Å². The van der Waals surface area contributed by atoms with Gasteiger partial charge in [-0.1, -0.05) is 41.3 Å². The maximum absolute atomic E-state index is 12.2. The summed E-state index contributed by atoms with van der Waals surface area (Å²) < 4.78 is 0.865. The molecular weight excluding hydrogens is 344 g/mol. The van der Waals surface area contributed by atoms with Crippen molar-refractivity contribution in [2.75, 3.05) is 24.2 Å². The zero-order valence-corrected chi connectivity index (χ0v) is 14.5. The lowest BCUT2D eigenvalue weighted by atomic mass is 10.1. The number of amides is 2. The number of fused-ring (bicyclic) bond motifs is 1. The lowest BCUT2D eigenvalue weighted by Gasteiger charge is -2.12.